The molecule has 0 amide bonds. The first kappa shape index (κ1) is 13.1. The van der Waals surface area contributed by atoms with Crippen molar-refractivity contribution < 1.29 is 19.7 Å². The van der Waals surface area contributed by atoms with E-state index in [1.165, 1.54) is 12.8 Å². The molecule has 130 valence electrons. The standard InChI is InChI=1S/C20H26O4/c21-19-17-11-5-1-3-7-9(5)13-15(11)16-12(18(13)20(22)23-7)6-2-4-8(24-19)10(6)14(16)17/h5-22H,1-4H2/t5?,6?,7?,8?,9?,10?,11?,12?,13?,14?,15?,16?,17-,18-,19-,20-/m0/s1. The van der Waals surface area contributed by atoms with Crippen molar-refractivity contribution in [3.8, 4) is 0 Å². The van der Waals surface area contributed by atoms with E-state index in [1.54, 1.807) is 0 Å². The van der Waals surface area contributed by atoms with Gasteiger partial charge in [-0.2, -0.15) is 0 Å². The highest BCUT2D eigenvalue weighted by molar-refractivity contribution is 5.27. The van der Waals surface area contributed by atoms with Crippen molar-refractivity contribution in [1.82, 2.24) is 0 Å². The minimum atomic E-state index is -0.521. The Morgan fingerprint density at radius 2 is 0.875 bits per heavy atom. The first-order valence-electron chi connectivity index (χ1n) is 10.4. The van der Waals surface area contributed by atoms with Crippen molar-refractivity contribution in [1.29, 1.82) is 0 Å². The van der Waals surface area contributed by atoms with Crippen molar-refractivity contribution >= 4 is 0 Å². The van der Waals surface area contributed by atoms with Crippen LogP contribution >= 0.6 is 0 Å². The number of fused-ring (bicyclic) bond motifs is 4. The molecule has 2 saturated heterocycles. The molecule has 0 bridgehead atoms. The van der Waals surface area contributed by atoms with Gasteiger partial charge >= 0.3 is 0 Å². The maximum absolute atomic E-state index is 10.9. The molecule has 0 radical (unpaired) electrons. The number of rotatable bonds is 0. The fourth-order valence-corrected chi connectivity index (χ4v) is 10.9. The van der Waals surface area contributed by atoms with E-state index >= 15 is 0 Å². The lowest BCUT2D eigenvalue weighted by Gasteiger charge is -2.44. The number of aliphatic hydroxyl groups is 2. The monoisotopic (exact) mass is 330 g/mol. The van der Waals surface area contributed by atoms with Crippen molar-refractivity contribution in [3.05, 3.63) is 0 Å². The van der Waals surface area contributed by atoms with Crippen LogP contribution in [-0.4, -0.2) is 35.0 Å². The van der Waals surface area contributed by atoms with Crippen LogP contribution < -0.4 is 0 Å². The maximum Gasteiger partial charge on any atom is 0.158 e. The van der Waals surface area contributed by atoms with Gasteiger partial charge in [0, 0.05) is 11.8 Å². The Balaban J connectivity index is 1.38. The minimum Gasteiger partial charge on any atom is -0.368 e. The van der Waals surface area contributed by atoms with Gasteiger partial charge in [0.15, 0.2) is 12.6 Å². The molecule has 2 N–H and O–H groups in total. The SMILES string of the molecule is O[C@H]1OC2CCC3C2C2C4C5C(C6CCC7O[C@H](O)[C@@H](C34)C5C76)[C@@H]21. The third-order valence-corrected chi connectivity index (χ3v) is 10.6. The molecule has 8 rings (SSSR count). The Labute approximate surface area is 141 Å². The van der Waals surface area contributed by atoms with Gasteiger partial charge < -0.3 is 19.7 Å². The van der Waals surface area contributed by atoms with Crippen LogP contribution in [0, 0.1) is 71.0 Å². The summed E-state index contributed by atoms with van der Waals surface area (Å²) in [6.45, 7) is 0. The molecule has 8 fully saturated rings. The molecular weight excluding hydrogens is 304 g/mol. The van der Waals surface area contributed by atoms with E-state index in [0.29, 0.717) is 59.6 Å². The zero-order valence-corrected chi connectivity index (χ0v) is 13.8. The van der Waals surface area contributed by atoms with E-state index in [1.807, 2.05) is 0 Å². The fraction of sp³-hybridized carbons (Fsp3) is 1.00. The highest BCUT2D eigenvalue weighted by Gasteiger charge is 2.81. The molecule has 6 aliphatic carbocycles. The maximum atomic E-state index is 10.9. The van der Waals surface area contributed by atoms with Crippen molar-refractivity contribution in [3.63, 3.8) is 0 Å². The van der Waals surface area contributed by atoms with E-state index in [9.17, 15) is 10.2 Å². The van der Waals surface area contributed by atoms with E-state index in [-0.39, 0.29) is 0 Å². The lowest BCUT2D eigenvalue weighted by Crippen LogP contribution is -2.48. The summed E-state index contributed by atoms with van der Waals surface area (Å²) in [7, 11) is 0. The van der Waals surface area contributed by atoms with Crippen LogP contribution in [0.5, 0.6) is 0 Å². The number of aliphatic hydroxyl groups excluding tert-OH is 2. The second-order valence-corrected chi connectivity index (χ2v) is 10.4. The number of hydrogen-bond donors (Lipinski definition) is 2. The van der Waals surface area contributed by atoms with Crippen LogP contribution in [0.15, 0.2) is 0 Å². The van der Waals surface area contributed by atoms with Gasteiger partial charge in [-0.1, -0.05) is 0 Å². The molecule has 12 unspecified atom stereocenters. The van der Waals surface area contributed by atoms with Gasteiger partial charge in [-0.3, -0.25) is 0 Å². The molecule has 2 heterocycles. The number of hydrogen-bond acceptors (Lipinski definition) is 4. The average Bonchev–Trinajstić information content (AvgIpc) is 3.29. The van der Waals surface area contributed by atoms with Crippen molar-refractivity contribution in [2.75, 3.05) is 0 Å². The molecule has 6 saturated carbocycles. The highest BCUT2D eigenvalue weighted by atomic mass is 16.6. The second kappa shape index (κ2) is 3.76. The summed E-state index contributed by atoms with van der Waals surface area (Å²) in [5.41, 5.74) is 0. The average molecular weight is 330 g/mol. The molecule has 0 spiro atoms. The summed E-state index contributed by atoms with van der Waals surface area (Å²) in [5.74, 6) is 7.76. The lowest BCUT2D eigenvalue weighted by molar-refractivity contribution is -0.238. The molecule has 24 heavy (non-hydrogen) atoms. The predicted molar refractivity (Wildman–Crippen MR) is 82.1 cm³/mol. The van der Waals surface area contributed by atoms with Crippen LogP contribution in [0.4, 0.5) is 0 Å². The molecule has 0 aromatic heterocycles. The topological polar surface area (TPSA) is 58.9 Å². The van der Waals surface area contributed by atoms with Gasteiger partial charge in [0.05, 0.1) is 12.2 Å². The summed E-state index contributed by atoms with van der Waals surface area (Å²) in [6.07, 6.45) is 4.29. The molecule has 0 aromatic carbocycles. The van der Waals surface area contributed by atoms with Crippen LogP contribution in [0.25, 0.3) is 0 Å². The third kappa shape index (κ3) is 1.08. The fourth-order valence-electron chi connectivity index (χ4n) is 10.9. The van der Waals surface area contributed by atoms with Crippen molar-refractivity contribution in [2.45, 2.75) is 50.5 Å². The Hall–Kier alpha value is -0.160. The summed E-state index contributed by atoms with van der Waals surface area (Å²) in [4.78, 5) is 0. The van der Waals surface area contributed by atoms with Crippen LogP contribution in [0.1, 0.15) is 25.7 Å². The summed E-state index contributed by atoms with van der Waals surface area (Å²) >= 11 is 0. The quantitative estimate of drug-likeness (QED) is 0.706. The molecular formula is C20H26O4. The summed E-state index contributed by atoms with van der Waals surface area (Å²) in [6, 6.07) is 0. The Bertz CT molecular complexity index is 583. The second-order valence-electron chi connectivity index (χ2n) is 10.4. The third-order valence-electron chi connectivity index (χ3n) is 10.6. The van der Waals surface area contributed by atoms with E-state index in [0.717, 1.165) is 36.5 Å². The molecule has 4 nitrogen and oxygen atoms in total. The Kier molecular flexibility index (Phi) is 2.05. The normalized spacial score (nSPS) is 78.2. The zero-order valence-electron chi connectivity index (χ0n) is 13.8. The van der Waals surface area contributed by atoms with Crippen LogP contribution in [0.3, 0.4) is 0 Å². The van der Waals surface area contributed by atoms with Gasteiger partial charge in [-0.25, -0.2) is 0 Å². The lowest BCUT2D eigenvalue weighted by atomic mass is 9.70. The summed E-state index contributed by atoms with van der Waals surface area (Å²) in [5, 5.41) is 21.9. The van der Waals surface area contributed by atoms with Gasteiger partial charge in [0.1, 0.15) is 0 Å². The number of ether oxygens (including phenoxy) is 2. The zero-order chi connectivity index (χ0) is 15.5. The van der Waals surface area contributed by atoms with Crippen LogP contribution in [0.2, 0.25) is 0 Å². The first-order valence-corrected chi connectivity index (χ1v) is 10.4. The molecule has 8 aliphatic rings. The Morgan fingerprint density at radius 1 is 0.458 bits per heavy atom. The van der Waals surface area contributed by atoms with Crippen molar-refractivity contribution in [2.24, 2.45) is 71.0 Å². The predicted octanol–water partition coefficient (Wildman–Crippen LogP) is 1.46. The minimum absolute atomic E-state index is 0.294. The van der Waals surface area contributed by atoms with Crippen LogP contribution in [-0.2, 0) is 9.47 Å². The molecule has 4 heteroatoms. The first-order chi connectivity index (χ1) is 11.8. The smallest absolute Gasteiger partial charge is 0.158 e. The summed E-state index contributed by atoms with van der Waals surface area (Å²) < 4.78 is 12.4. The molecule has 2 aliphatic heterocycles. The van der Waals surface area contributed by atoms with E-state index in [2.05, 4.69) is 0 Å². The Morgan fingerprint density at radius 3 is 1.33 bits per heavy atom. The van der Waals surface area contributed by atoms with E-state index in [4.69, 9.17) is 9.47 Å². The largest absolute Gasteiger partial charge is 0.368 e. The highest BCUT2D eigenvalue weighted by Crippen LogP contribution is 2.82. The van der Waals surface area contributed by atoms with Gasteiger partial charge in [0.25, 0.3) is 0 Å². The van der Waals surface area contributed by atoms with Gasteiger partial charge in [0.2, 0.25) is 0 Å². The molecule has 0 aromatic rings. The van der Waals surface area contributed by atoms with Gasteiger partial charge in [-0.05, 0) is 84.9 Å². The van der Waals surface area contributed by atoms with Gasteiger partial charge in [-0.15, -0.1) is 0 Å². The van der Waals surface area contributed by atoms with E-state index < -0.39 is 12.6 Å². The molecule has 16 atom stereocenters.